The summed E-state index contributed by atoms with van der Waals surface area (Å²) in [5, 5.41) is 2.60. The molecule has 6 nitrogen and oxygen atoms in total. The minimum absolute atomic E-state index is 0.0198. The third-order valence-electron chi connectivity index (χ3n) is 4.02. The number of rotatable bonds is 7. The number of fused-ring (bicyclic) bond motifs is 1. The van der Waals surface area contributed by atoms with E-state index in [9.17, 15) is 26.7 Å². The molecular formula is C19H17F5N4O2. The number of halogens is 5. The number of H-pyrrole nitrogens is 1. The number of carbonyl (C=O) groups is 1. The Morgan fingerprint density at radius 2 is 2.00 bits per heavy atom. The van der Waals surface area contributed by atoms with Crippen LogP contribution in [0.5, 0.6) is 5.75 Å². The molecule has 1 aromatic heterocycles. The van der Waals surface area contributed by atoms with E-state index in [-0.39, 0.29) is 23.3 Å². The first-order chi connectivity index (χ1) is 14.1. The topological polar surface area (TPSA) is 70.2 Å². The van der Waals surface area contributed by atoms with Crippen molar-refractivity contribution in [1.29, 1.82) is 0 Å². The lowest BCUT2D eigenvalue weighted by molar-refractivity contribution is -0.144. The quantitative estimate of drug-likeness (QED) is 0.552. The van der Waals surface area contributed by atoms with E-state index in [4.69, 9.17) is 0 Å². The first kappa shape index (κ1) is 21.5. The SMILES string of the molecule is CN(CC(=O)Nc1ccc2nc(C(F)(F)F)[nH]c2c1)Cc1cccc(OC(F)F)c1. The Labute approximate surface area is 167 Å². The highest BCUT2D eigenvalue weighted by Gasteiger charge is 2.34. The number of benzene rings is 2. The summed E-state index contributed by atoms with van der Waals surface area (Å²) in [5.41, 5.74) is 1.25. The van der Waals surface area contributed by atoms with Gasteiger partial charge in [-0.3, -0.25) is 9.69 Å². The zero-order valence-corrected chi connectivity index (χ0v) is 15.6. The van der Waals surface area contributed by atoms with Gasteiger partial charge in [-0.15, -0.1) is 0 Å². The van der Waals surface area contributed by atoms with Gasteiger partial charge in [0.15, 0.2) is 0 Å². The fourth-order valence-corrected chi connectivity index (χ4v) is 2.85. The van der Waals surface area contributed by atoms with Crippen molar-refractivity contribution in [2.75, 3.05) is 18.9 Å². The standard InChI is InChI=1S/C19H17F5N4O2/c1-28(9-11-3-2-4-13(7-11)30-18(20)21)10-16(29)25-12-5-6-14-15(8-12)27-17(26-14)19(22,23)24/h2-8,18H,9-10H2,1H3,(H,25,29)(H,26,27). The normalized spacial score (nSPS) is 12.0. The first-order valence-electron chi connectivity index (χ1n) is 8.69. The van der Waals surface area contributed by atoms with Crippen molar-refractivity contribution in [1.82, 2.24) is 14.9 Å². The fourth-order valence-electron chi connectivity index (χ4n) is 2.85. The molecule has 3 aromatic rings. The van der Waals surface area contributed by atoms with E-state index in [0.717, 1.165) is 0 Å². The molecule has 0 aliphatic heterocycles. The van der Waals surface area contributed by atoms with Gasteiger partial charge in [0, 0.05) is 12.2 Å². The van der Waals surface area contributed by atoms with Gasteiger partial charge in [-0.2, -0.15) is 22.0 Å². The molecule has 11 heteroatoms. The van der Waals surface area contributed by atoms with E-state index in [1.54, 1.807) is 24.1 Å². The summed E-state index contributed by atoms with van der Waals surface area (Å²) in [6, 6.07) is 10.3. The summed E-state index contributed by atoms with van der Waals surface area (Å²) in [7, 11) is 1.66. The van der Waals surface area contributed by atoms with Gasteiger partial charge < -0.3 is 15.0 Å². The summed E-state index contributed by atoms with van der Waals surface area (Å²) in [6.07, 6.45) is -4.59. The zero-order chi connectivity index (χ0) is 21.9. The number of aromatic nitrogens is 2. The molecule has 1 amide bonds. The van der Waals surface area contributed by atoms with Crippen LogP contribution in [0, 0.1) is 0 Å². The second-order valence-electron chi connectivity index (χ2n) is 6.56. The van der Waals surface area contributed by atoms with Gasteiger partial charge in [0.1, 0.15) is 5.75 Å². The largest absolute Gasteiger partial charge is 0.449 e. The summed E-state index contributed by atoms with van der Waals surface area (Å²) < 4.78 is 67.1. The van der Waals surface area contributed by atoms with E-state index in [2.05, 4.69) is 20.0 Å². The van der Waals surface area contributed by atoms with E-state index in [0.29, 0.717) is 17.8 Å². The number of likely N-dealkylation sites (N-methyl/N-ethyl adjacent to an activating group) is 1. The molecule has 2 aromatic carbocycles. The molecule has 0 bridgehead atoms. The van der Waals surface area contributed by atoms with Crippen LogP contribution in [0.2, 0.25) is 0 Å². The van der Waals surface area contributed by atoms with Crippen LogP contribution in [-0.4, -0.2) is 41.0 Å². The molecule has 0 saturated carbocycles. The lowest BCUT2D eigenvalue weighted by Gasteiger charge is -2.17. The van der Waals surface area contributed by atoms with Crippen molar-refractivity contribution in [2.24, 2.45) is 0 Å². The lowest BCUT2D eigenvalue weighted by Crippen LogP contribution is -2.29. The van der Waals surface area contributed by atoms with Crippen LogP contribution in [-0.2, 0) is 17.5 Å². The zero-order valence-electron chi connectivity index (χ0n) is 15.6. The number of amides is 1. The minimum atomic E-state index is -4.59. The molecule has 0 unspecified atom stereocenters. The van der Waals surface area contributed by atoms with E-state index in [1.165, 1.54) is 30.3 Å². The summed E-state index contributed by atoms with van der Waals surface area (Å²) in [5.74, 6) is -1.49. The first-order valence-corrected chi connectivity index (χ1v) is 8.69. The number of hydrogen-bond donors (Lipinski definition) is 2. The molecule has 0 saturated heterocycles. The van der Waals surface area contributed by atoms with Gasteiger partial charge in [0.05, 0.1) is 17.6 Å². The van der Waals surface area contributed by atoms with Crippen LogP contribution in [0.15, 0.2) is 42.5 Å². The number of anilines is 1. The van der Waals surface area contributed by atoms with Crippen molar-refractivity contribution in [3.8, 4) is 5.75 Å². The molecule has 3 rings (SSSR count). The highest BCUT2D eigenvalue weighted by Crippen LogP contribution is 2.29. The van der Waals surface area contributed by atoms with Crippen molar-refractivity contribution < 1.29 is 31.5 Å². The predicted octanol–water partition coefficient (Wildman–Crippen LogP) is 4.25. The van der Waals surface area contributed by atoms with Gasteiger partial charge in [0.2, 0.25) is 11.7 Å². The number of alkyl halides is 5. The average Bonchev–Trinajstić information content (AvgIpc) is 3.05. The van der Waals surface area contributed by atoms with E-state index < -0.39 is 24.5 Å². The Balaban J connectivity index is 1.59. The lowest BCUT2D eigenvalue weighted by atomic mass is 10.2. The number of nitrogens with one attached hydrogen (secondary N) is 2. The molecule has 2 N–H and O–H groups in total. The van der Waals surface area contributed by atoms with Gasteiger partial charge in [0.25, 0.3) is 0 Å². The van der Waals surface area contributed by atoms with Gasteiger partial charge in [-0.25, -0.2) is 4.98 Å². The average molecular weight is 428 g/mol. The van der Waals surface area contributed by atoms with Crippen LogP contribution in [0.3, 0.4) is 0 Å². The smallest absolute Gasteiger partial charge is 0.435 e. The van der Waals surface area contributed by atoms with Crippen LogP contribution < -0.4 is 10.1 Å². The number of hydrogen-bond acceptors (Lipinski definition) is 4. The number of ether oxygens (including phenoxy) is 1. The van der Waals surface area contributed by atoms with Gasteiger partial charge in [-0.05, 0) is 42.9 Å². The fraction of sp³-hybridized carbons (Fsp3) is 0.263. The van der Waals surface area contributed by atoms with Crippen LogP contribution in [0.4, 0.5) is 27.6 Å². The molecule has 160 valence electrons. The van der Waals surface area contributed by atoms with Gasteiger partial charge >= 0.3 is 12.8 Å². The number of aromatic amines is 1. The van der Waals surface area contributed by atoms with Crippen LogP contribution >= 0.6 is 0 Å². The van der Waals surface area contributed by atoms with Crippen molar-refractivity contribution in [3.05, 3.63) is 53.9 Å². The second-order valence-corrected chi connectivity index (χ2v) is 6.56. The third-order valence-corrected chi connectivity index (χ3v) is 4.02. The highest BCUT2D eigenvalue weighted by molar-refractivity contribution is 5.94. The van der Waals surface area contributed by atoms with Crippen molar-refractivity contribution >= 4 is 22.6 Å². The number of imidazole rings is 1. The van der Waals surface area contributed by atoms with E-state index >= 15 is 0 Å². The van der Waals surface area contributed by atoms with Crippen molar-refractivity contribution in [2.45, 2.75) is 19.3 Å². The minimum Gasteiger partial charge on any atom is -0.435 e. The predicted molar refractivity (Wildman–Crippen MR) is 99.1 cm³/mol. The Hall–Kier alpha value is -3.21. The second kappa shape index (κ2) is 8.66. The van der Waals surface area contributed by atoms with Crippen LogP contribution in [0.25, 0.3) is 11.0 Å². The highest BCUT2D eigenvalue weighted by atomic mass is 19.4. The maximum absolute atomic E-state index is 12.7. The molecule has 30 heavy (non-hydrogen) atoms. The number of carbonyl (C=O) groups excluding carboxylic acids is 1. The molecule has 1 heterocycles. The molecule has 0 atom stereocenters. The molecule has 0 fully saturated rings. The summed E-state index contributed by atoms with van der Waals surface area (Å²) >= 11 is 0. The molecule has 0 spiro atoms. The molecule has 0 aliphatic carbocycles. The molecular weight excluding hydrogens is 411 g/mol. The van der Waals surface area contributed by atoms with Crippen molar-refractivity contribution in [3.63, 3.8) is 0 Å². The Morgan fingerprint density at radius 1 is 1.23 bits per heavy atom. The van der Waals surface area contributed by atoms with E-state index in [1.807, 2.05) is 0 Å². The maximum Gasteiger partial charge on any atom is 0.449 e. The summed E-state index contributed by atoms with van der Waals surface area (Å²) in [4.78, 5) is 19.5. The Bertz CT molecular complexity index is 1040. The Kier molecular flexibility index (Phi) is 6.20. The monoisotopic (exact) mass is 428 g/mol. The molecule has 0 radical (unpaired) electrons. The van der Waals surface area contributed by atoms with Crippen LogP contribution in [0.1, 0.15) is 11.4 Å². The maximum atomic E-state index is 12.7. The van der Waals surface area contributed by atoms with Gasteiger partial charge in [-0.1, -0.05) is 12.1 Å². The molecule has 0 aliphatic rings. The Morgan fingerprint density at radius 3 is 2.70 bits per heavy atom. The third kappa shape index (κ3) is 5.66. The summed E-state index contributed by atoms with van der Waals surface area (Å²) in [6.45, 7) is -2.67. The number of nitrogens with zero attached hydrogens (tertiary/aromatic N) is 2.